The molecule has 1 saturated heterocycles. The Hall–Kier alpha value is -1.38. The second-order valence-electron chi connectivity index (χ2n) is 5.14. The Morgan fingerprint density at radius 3 is 2.85 bits per heavy atom. The zero-order valence-electron chi connectivity index (χ0n) is 11.0. The highest BCUT2D eigenvalue weighted by Crippen LogP contribution is 2.16. The number of carboxylic acid groups (broad SMARTS) is 1. The van der Waals surface area contributed by atoms with Crippen molar-refractivity contribution in [2.24, 2.45) is 0 Å². The van der Waals surface area contributed by atoms with Gasteiger partial charge in [-0.3, -0.25) is 10.1 Å². The van der Waals surface area contributed by atoms with E-state index in [0.717, 1.165) is 4.47 Å². The number of carbonyl (C=O) groups excluding carboxylic acids is 1. The summed E-state index contributed by atoms with van der Waals surface area (Å²) in [5, 5.41) is 18.1. The third-order valence-corrected chi connectivity index (χ3v) is 3.76. The average Bonchev–Trinajstić information content (AvgIpc) is 2.97. The van der Waals surface area contributed by atoms with Gasteiger partial charge in [0.15, 0.2) is 0 Å². The van der Waals surface area contributed by atoms with E-state index in [9.17, 15) is 14.7 Å². The maximum atomic E-state index is 12.0. The molecule has 0 aliphatic carbocycles. The van der Waals surface area contributed by atoms with Crippen LogP contribution >= 0.6 is 15.9 Å². The van der Waals surface area contributed by atoms with Gasteiger partial charge in [-0.2, -0.15) is 0 Å². The number of aromatic nitrogens is 1. The molecule has 2 heterocycles. The van der Waals surface area contributed by atoms with Crippen LogP contribution in [0.2, 0.25) is 0 Å². The largest absolute Gasteiger partial charge is 0.480 e. The SMILES string of the molecule is CC1(C[C@@H](NC(=O)c2cc(Br)c[nH]2)C(=O)O)CNCN1. The van der Waals surface area contributed by atoms with Crippen molar-refractivity contribution in [2.45, 2.75) is 24.9 Å². The summed E-state index contributed by atoms with van der Waals surface area (Å²) >= 11 is 3.23. The minimum atomic E-state index is -1.04. The summed E-state index contributed by atoms with van der Waals surface area (Å²) in [7, 11) is 0. The van der Waals surface area contributed by atoms with Crippen LogP contribution < -0.4 is 16.0 Å². The van der Waals surface area contributed by atoms with Crippen molar-refractivity contribution < 1.29 is 14.7 Å². The second kappa shape index (κ2) is 5.94. The lowest BCUT2D eigenvalue weighted by molar-refractivity contribution is -0.139. The highest BCUT2D eigenvalue weighted by Gasteiger charge is 2.34. The van der Waals surface area contributed by atoms with Crippen LogP contribution in [-0.4, -0.2) is 46.8 Å². The van der Waals surface area contributed by atoms with E-state index in [2.05, 4.69) is 36.9 Å². The molecule has 2 atom stereocenters. The maximum absolute atomic E-state index is 12.0. The van der Waals surface area contributed by atoms with E-state index in [1.165, 1.54) is 0 Å². The van der Waals surface area contributed by atoms with Gasteiger partial charge in [-0.05, 0) is 35.3 Å². The Morgan fingerprint density at radius 1 is 1.60 bits per heavy atom. The summed E-state index contributed by atoms with van der Waals surface area (Å²) in [6.45, 7) is 3.24. The topological polar surface area (TPSA) is 106 Å². The van der Waals surface area contributed by atoms with Gasteiger partial charge in [0.25, 0.3) is 5.91 Å². The molecule has 1 aliphatic rings. The molecule has 0 aromatic carbocycles. The Morgan fingerprint density at radius 2 is 2.35 bits per heavy atom. The van der Waals surface area contributed by atoms with Gasteiger partial charge < -0.3 is 20.7 Å². The number of hydrogen-bond donors (Lipinski definition) is 5. The summed E-state index contributed by atoms with van der Waals surface area (Å²) in [5.74, 6) is -1.48. The number of aliphatic carboxylic acids is 1. The molecule has 20 heavy (non-hydrogen) atoms. The number of carbonyl (C=O) groups is 2. The first-order valence-electron chi connectivity index (χ1n) is 6.23. The van der Waals surface area contributed by atoms with E-state index < -0.39 is 17.9 Å². The van der Waals surface area contributed by atoms with E-state index in [1.807, 2.05) is 6.92 Å². The smallest absolute Gasteiger partial charge is 0.326 e. The van der Waals surface area contributed by atoms with Gasteiger partial charge in [-0.25, -0.2) is 4.79 Å². The predicted octanol–water partition coefficient (Wildman–Crippen LogP) is 0.259. The fourth-order valence-electron chi connectivity index (χ4n) is 2.21. The first kappa shape index (κ1) is 15.0. The van der Waals surface area contributed by atoms with Crippen molar-refractivity contribution >= 4 is 27.8 Å². The van der Waals surface area contributed by atoms with Crippen LogP contribution in [-0.2, 0) is 4.79 Å². The Bertz CT molecular complexity index is 511. The van der Waals surface area contributed by atoms with Crippen LogP contribution in [0.4, 0.5) is 0 Å². The third-order valence-electron chi connectivity index (χ3n) is 3.31. The van der Waals surface area contributed by atoms with Crippen molar-refractivity contribution in [1.82, 2.24) is 20.9 Å². The molecule has 1 aliphatic heterocycles. The molecule has 0 spiro atoms. The Labute approximate surface area is 124 Å². The lowest BCUT2D eigenvalue weighted by Gasteiger charge is -2.27. The van der Waals surface area contributed by atoms with E-state index in [1.54, 1.807) is 12.3 Å². The van der Waals surface area contributed by atoms with Crippen molar-refractivity contribution in [1.29, 1.82) is 0 Å². The second-order valence-corrected chi connectivity index (χ2v) is 6.06. The molecular weight excluding hydrogens is 328 g/mol. The van der Waals surface area contributed by atoms with Gasteiger partial charge in [0.1, 0.15) is 11.7 Å². The molecule has 1 fully saturated rings. The number of rotatable bonds is 5. The number of H-pyrrole nitrogens is 1. The molecule has 1 aromatic rings. The Balaban J connectivity index is 2.02. The van der Waals surface area contributed by atoms with Crippen molar-refractivity contribution in [2.75, 3.05) is 13.2 Å². The molecule has 1 aromatic heterocycles. The lowest BCUT2D eigenvalue weighted by Crippen LogP contribution is -2.50. The average molecular weight is 345 g/mol. The molecule has 8 heteroatoms. The van der Waals surface area contributed by atoms with Crippen LogP contribution in [0.25, 0.3) is 0 Å². The number of carboxylic acids is 1. The van der Waals surface area contributed by atoms with E-state index in [0.29, 0.717) is 25.3 Å². The fraction of sp³-hybridized carbons (Fsp3) is 0.500. The number of aromatic amines is 1. The lowest BCUT2D eigenvalue weighted by atomic mass is 9.94. The monoisotopic (exact) mass is 344 g/mol. The number of halogens is 1. The van der Waals surface area contributed by atoms with Crippen LogP contribution in [0.3, 0.4) is 0 Å². The molecule has 2 rings (SSSR count). The van der Waals surface area contributed by atoms with Crippen molar-refractivity contribution in [3.63, 3.8) is 0 Å². The summed E-state index contributed by atoms with van der Waals surface area (Å²) < 4.78 is 0.739. The zero-order chi connectivity index (χ0) is 14.8. The predicted molar refractivity (Wildman–Crippen MR) is 76.4 cm³/mol. The highest BCUT2D eigenvalue weighted by molar-refractivity contribution is 9.10. The van der Waals surface area contributed by atoms with Crippen molar-refractivity contribution in [3.05, 3.63) is 22.4 Å². The van der Waals surface area contributed by atoms with E-state index in [-0.39, 0.29) is 5.54 Å². The maximum Gasteiger partial charge on any atom is 0.326 e. The van der Waals surface area contributed by atoms with E-state index >= 15 is 0 Å². The summed E-state index contributed by atoms with van der Waals surface area (Å²) in [4.78, 5) is 26.1. The molecule has 1 unspecified atom stereocenters. The summed E-state index contributed by atoms with van der Waals surface area (Å²) in [6, 6.07) is 0.660. The van der Waals surface area contributed by atoms with Gasteiger partial charge in [-0.15, -0.1) is 0 Å². The highest BCUT2D eigenvalue weighted by atomic mass is 79.9. The van der Waals surface area contributed by atoms with Crippen molar-refractivity contribution in [3.8, 4) is 0 Å². The van der Waals surface area contributed by atoms with Gasteiger partial charge in [0.05, 0.1) is 0 Å². The molecule has 0 radical (unpaired) electrons. The number of amides is 1. The molecule has 1 amide bonds. The van der Waals surface area contributed by atoms with Crippen LogP contribution in [0.5, 0.6) is 0 Å². The Kier molecular flexibility index (Phi) is 4.46. The minimum absolute atomic E-state index is 0.308. The normalized spacial score (nSPS) is 23.5. The zero-order valence-corrected chi connectivity index (χ0v) is 12.6. The first-order chi connectivity index (χ1) is 9.39. The van der Waals surface area contributed by atoms with Crippen LogP contribution in [0.15, 0.2) is 16.7 Å². The standard InChI is InChI=1S/C12H17BrN4O3/c1-12(5-14-6-16-12)3-9(11(19)20)17-10(18)8-2-7(13)4-15-8/h2,4,9,14-16H,3,5-6H2,1H3,(H,17,18)(H,19,20)/t9-,12?/m1/s1. The fourth-order valence-corrected chi connectivity index (χ4v) is 2.55. The van der Waals surface area contributed by atoms with Gasteiger partial charge in [0, 0.05) is 29.4 Å². The van der Waals surface area contributed by atoms with Gasteiger partial charge >= 0.3 is 5.97 Å². The quantitative estimate of drug-likeness (QED) is 0.526. The number of hydrogen-bond acceptors (Lipinski definition) is 4. The van der Waals surface area contributed by atoms with E-state index in [4.69, 9.17) is 0 Å². The van der Waals surface area contributed by atoms with Gasteiger partial charge in [-0.1, -0.05) is 0 Å². The first-order valence-corrected chi connectivity index (χ1v) is 7.02. The third kappa shape index (κ3) is 3.59. The number of nitrogens with one attached hydrogen (secondary N) is 4. The molecule has 0 saturated carbocycles. The molecule has 5 N–H and O–H groups in total. The minimum Gasteiger partial charge on any atom is -0.480 e. The molecular formula is C12H17BrN4O3. The summed E-state index contributed by atoms with van der Waals surface area (Å²) in [6.07, 6.45) is 1.93. The summed E-state index contributed by atoms with van der Waals surface area (Å²) in [5.41, 5.74) is -0.0158. The molecule has 0 bridgehead atoms. The van der Waals surface area contributed by atoms with Gasteiger partial charge in [0.2, 0.25) is 0 Å². The van der Waals surface area contributed by atoms with Crippen LogP contribution in [0.1, 0.15) is 23.8 Å². The van der Waals surface area contributed by atoms with Crippen LogP contribution in [0, 0.1) is 0 Å². The molecule has 110 valence electrons. The molecule has 7 nitrogen and oxygen atoms in total.